The Hall–Kier alpha value is -2.41. The fourth-order valence-electron chi connectivity index (χ4n) is 2.81. The molecule has 1 aromatic heterocycles. The Kier molecular flexibility index (Phi) is 3.11. The first kappa shape index (κ1) is 12.6. The molecule has 0 spiro atoms. The molecule has 0 atom stereocenters. The number of benzene rings is 2. The molecule has 0 aliphatic rings. The molecule has 0 saturated heterocycles. The van der Waals surface area contributed by atoms with Crippen LogP contribution in [0.4, 0.5) is 0 Å². The Morgan fingerprint density at radius 3 is 2.60 bits per heavy atom. The van der Waals surface area contributed by atoms with Gasteiger partial charge in [0.2, 0.25) is 5.69 Å². The highest BCUT2D eigenvalue weighted by molar-refractivity contribution is 5.98. The number of pyridine rings is 1. The van der Waals surface area contributed by atoms with E-state index < -0.39 is 0 Å². The van der Waals surface area contributed by atoms with Gasteiger partial charge in [0.25, 0.3) is 0 Å². The zero-order valence-electron chi connectivity index (χ0n) is 11.9. The van der Waals surface area contributed by atoms with Crippen molar-refractivity contribution in [1.29, 1.82) is 0 Å². The van der Waals surface area contributed by atoms with Gasteiger partial charge in [-0.25, -0.2) is 4.57 Å². The molecule has 0 radical (unpaired) electrons. The van der Waals surface area contributed by atoms with Crippen LogP contribution >= 0.6 is 0 Å². The van der Waals surface area contributed by atoms with Crippen LogP contribution < -0.4 is 4.57 Å². The molecule has 0 N–H and O–H groups in total. The SMILES string of the molecule is C=Cc1ccc[n+](C)c1-c1c(C)ccc2ccccc12. The van der Waals surface area contributed by atoms with E-state index >= 15 is 0 Å². The third kappa shape index (κ3) is 1.92. The molecule has 2 aromatic carbocycles. The third-order valence-electron chi connectivity index (χ3n) is 3.81. The molecule has 0 saturated carbocycles. The molecule has 0 fully saturated rings. The molecule has 1 heteroatoms. The lowest BCUT2D eigenvalue weighted by Gasteiger charge is -2.11. The maximum atomic E-state index is 3.95. The standard InChI is InChI=1S/C19H18N/c1-4-15-9-7-13-20(3)19(15)18-14(2)11-12-16-8-5-6-10-17(16)18/h4-13H,1H2,2-3H3/q+1. The Morgan fingerprint density at radius 1 is 1.00 bits per heavy atom. The van der Waals surface area contributed by atoms with Gasteiger partial charge in [-0.3, -0.25) is 0 Å². The predicted octanol–water partition coefficient (Wildman–Crippen LogP) is 4.28. The van der Waals surface area contributed by atoms with Gasteiger partial charge in [-0.1, -0.05) is 49.1 Å². The number of aryl methyl sites for hydroxylation is 2. The number of nitrogens with zero attached hydrogens (tertiary/aromatic N) is 1. The summed E-state index contributed by atoms with van der Waals surface area (Å²) in [5.74, 6) is 0. The second-order valence-electron chi connectivity index (χ2n) is 5.11. The van der Waals surface area contributed by atoms with E-state index in [4.69, 9.17) is 0 Å². The Morgan fingerprint density at radius 2 is 1.80 bits per heavy atom. The quantitative estimate of drug-likeness (QED) is 0.605. The first-order valence-corrected chi connectivity index (χ1v) is 6.82. The first-order chi connectivity index (χ1) is 9.72. The van der Waals surface area contributed by atoms with Gasteiger partial charge in [0.15, 0.2) is 6.20 Å². The maximum Gasteiger partial charge on any atom is 0.220 e. The predicted molar refractivity (Wildman–Crippen MR) is 85.4 cm³/mol. The molecule has 3 rings (SSSR count). The number of aromatic nitrogens is 1. The zero-order chi connectivity index (χ0) is 14.1. The third-order valence-corrected chi connectivity index (χ3v) is 3.81. The average molecular weight is 260 g/mol. The van der Waals surface area contributed by atoms with Gasteiger partial charge in [-0.05, 0) is 29.3 Å². The average Bonchev–Trinajstić information content (AvgIpc) is 2.48. The van der Waals surface area contributed by atoms with Gasteiger partial charge in [0.1, 0.15) is 7.05 Å². The second kappa shape index (κ2) is 4.93. The van der Waals surface area contributed by atoms with Gasteiger partial charge in [0, 0.05) is 11.6 Å². The van der Waals surface area contributed by atoms with E-state index in [9.17, 15) is 0 Å². The van der Waals surface area contributed by atoms with Crippen LogP contribution in [0, 0.1) is 6.92 Å². The summed E-state index contributed by atoms with van der Waals surface area (Å²) >= 11 is 0. The summed E-state index contributed by atoms with van der Waals surface area (Å²) in [6, 6.07) is 17.1. The van der Waals surface area contributed by atoms with Crippen LogP contribution in [0.3, 0.4) is 0 Å². The van der Waals surface area contributed by atoms with E-state index in [2.05, 4.69) is 79.8 Å². The highest BCUT2D eigenvalue weighted by Crippen LogP contribution is 2.32. The fourth-order valence-corrected chi connectivity index (χ4v) is 2.81. The van der Waals surface area contributed by atoms with Crippen LogP contribution in [-0.4, -0.2) is 0 Å². The summed E-state index contributed by atoms with van der Waals surface area (Å²) in [5.41, 5.74) is 4.96. The van der Waals surface area contributed by atoms with Crippen molar-refractivity contribution < 1.29 is 4.57 Å². The summed E-state index contributed by atoms with van der Waals surface area (Å²) < 4.78 is 2.17. The summed E-state index contributed by atoms with van der Waals surface area (Å²) in [5, 5.41) is 2.56. The fraction of sp³-hybridized carbons (Fsp3) is 0.105. The summed E-state index contributed by atoms with van der Waals surface area (Å²) in [6.45, 7) is 6.12. The Labute approximate surface area is 119 Å². The summed E-state index contributed by atoms with van der Waals surface area (Å²) in [7, 11) is 2.09. The smallest absolute Gasteiger partial charge is 0.200 e. The van der Waals surface area contributed by atoms with E-state index in [1.165, 1.54) is 27.6 Å². The van der Waals surface area contributed by atoms with Crippen LogP contribution in [0.1, 0.15) is 11.1 Å². The van der Waals surface area contributed by atoms with Crippen molar-refractivity contribution in [3.63, 3.8) is 0 Å². The van der Waals surface area contributed by atoms with Crippen LogP contribution in [0.15, 0.2) is 61.3 Å². The lowest BCUT2D eigenvalue weighted by Crippen LogP contribution is -2.31. The maximum absolute atomic E-state index is 3.95. The molecule has 20 heavy (non-hydrogen) atoms. The van der Waals surface area contributed by atoms with Crippen molar-refractivity contribution in [2.75, 3.05) is 0 Å². The summed E-state index contributed by atoms with van der Waals surface area (Å²) in [4.78, 5) is 0. The van der Waals surface area contributed by atoms with Crippen molar-refractivity contribution in [2.45, 2.75) is 6.92 Å². The molecule has 3 aromatic rings. The first-order valence-electron chi connectivity index (χ1n) is 6.82. The molecular formula is C19H18N+. The van der Waals surface area contributed by atoms with E-state index in [1.54, 1.807) is 0 Å². The number of rotatable bonds is 2. The van der Waals surface area contributed by atoms with E-state index in [0.29, 0.717) is 0 Å². The molecule has 0 amide bonds. The van der Waals surface area contributed by atoms with Gasteiger partial charge in [-0.15, -0.1) is 0 Å². The normalized spacial score (nSPS) is 10.7. The minimum absolute atomic E-state index is 1.16. The molecule has 1 heterocycles. The Balaban J connectivity index is 2.47. The number of fused-ring (bicyclic) bond motifs is 1. The molecule has 0 aliphatic carbocycles. The van der Waals surface area contributed by atoms with Crippen LogP contribution in [0.25, 0.3) is 28.1 Å². The van der Waals surface area contributed by atoms with Gasteiger partial charge in [0.05, 0.1) is 5.56 Å². The van der Waals surface area contributed by atoms with Crippen LogP contribution in [0.2, 0.25) is 0 Å². The molecule has 0 unspecified atom stereocenters. The van der Waals surface area contributed by atoms with Crippen LogP contribution in [-0.2, 0) is 7.05 Å². The molecular weight excluding hydrogens is 242 g/mol. The minimum Gasteiger partial charge on any atom is -0.200 e. The minimum atomic E-state index is 1.16. The molecule has 0 aliphatic heterocycles. The van der Waals surface area contributed by atoms with Gasteiger partial charge in [-0.2, -0.15) is 0 Å². The van der Waals surface area contributed by atoms with E-state index in [0.717, 1.165) is 5.56 Å². The van der Waals surface area contributed by atoms with Crippen LogP contribution in [0.5, 0.6) is 0 Å². The number of hydrogen-bond acceptors (Lipinski definition) is 0. The lowest BCUT2D eigenvalue weighted by atomic mass is 9.94. The zero-order valence-corrected chi connectivity index (χ0v) is 11.9. The topological polar surface area (TPSA) is 3.88 Å². The molecule has 1 nitrogen and oxygen atoms in total. The van der Waals surface area contributed by atoms with Crippen molar-refractivity contribution in [3.05, 3.63) is 72.4 Å². The molecule has 98 valence electrons. The van der Waals surface area contributed by atoms with Crippen molar-refractivity contribution >= 4 is 16.8 Å². The second-order valence-corrected chi connectivity index (χ2v) is 5.11. The largest absolute Gasteiger partial charge is 0.220 e. The van der Waals surface area contributed by atoms with Gasteiger partial charge < -0.3 is 0 Å². The Bertz CT molecular complexity index is 800. The van der Waals surface area contributed by atoms with Gasteiger partial charge >= 0.3 is 0 Å². The lowest BCUT2D eigenvalue weighted by molar-refractivity contribution is -0.660. The molecule has 0 bridgehead atoms. The highest BCUT2D eigenvalue weighted by Gasteiger charge is 2.18. The highest BCUT2D eigenvalue weighted by atomic mass is 14.9. The van der Waals surface area contributed by atoms with Crippen molar-refractivity contribution in [2.24, 2.45) is 7.05 Å². The summed E-state index contributed by atoms with van der Waals surface area (Å²) in [6.07, 6.45) is 4.01. The van der Waals surface area contributed by atoms with Crippen molar-refractivity contribution in [1.82, 2.24) is 0 Å². The van der Waals surface area contributed by atoms with E-state index in [1.807, 2.05) is 6.08 Å². The van der Waals surface area contributed by atoms with E-state index in [-0.39, 0.29) is 0 Å². The van der Waals surface area contributed by atoms with Crippen molar-refractivity contribution in [3.8, 4) is 11.3 Å². The number of hydrogen-bond donors (Lipinski definition) is 0. The monoisotopic (exact) mass is 260 g/mol.